The average Bonchev–Trinajstić information content (AvgIpc) is 3.41. The van der Waals surface area contributed by atoms with Crippen LogP contribution in [0.5, 0.6) is 0 Å². The van der Waals surface area contributed by atoms with E-state index in [0.717, 1.165) is 44.8 Å². The van der Waals surface area contributed by atoms with Gasteiger partial charge in [-0.15, -0.1) is 0 Å². The Morgan fingerprint density at radius 1 is 1.00 bits per heavy atom. The number of hydrogen-bond acceptors (Lipinski definition) is 7. The average molecular weight is 545 g/mol. The number of carbonyl (C=O) groups excluding carboxylic acids is 1. The zero-order chi connectivity index (χ0) is 27.8. The zero-order valence-electron chi connectivity index (χ0n) is 19.2. The molecule has 0 spiro atoms. The quantitative estimate of drug-likeness (QED) is 0.489. The monoisotopic (exact) mass is 545 g/mol. The highest BCUT2D eigenvalue weighted by Crippen LogP contribution is 2.36. The number of anilines is 1. The van der Waals surface area contributed by atoms with Crippen LogP contribution in [0.4, 0.5) is 32.0 Å². The van der Waals surface area contributed by atoms with Crippen molar-refractivity contribution in [1.82, 2.24) is 9.88 Å². The lowest BCUT2D eigenvalue weighted by atomic mass is 9.92. The van der Waals surface area contributed by atoms with Gasteiger partial charge in [0.2, 0.25) is 5.91 Å². The molecule has 10 nitrogen and oxygen atoms in total. The first-order valence-corrected chi connectivity index (χ1v) is 10.9. The van der Waals surface area contributed by atoms with Gasteiger partial charge in [-0.1, -0.05) is 0 Å². The first-order chi connectivity index (χ1) is 17.2. The van der Waals surface area contributed by atoms with E-state index in [-0.39, 0.29) is 17.9 Å². The van der Waals surface area contributed by atoms with Crippen molar-refractivity contribution < 1.29 is 60.4 Å². The Morgan fingerprint density at radius 3 is 2.05 bits per heavy atom. The van der Waals surface area contributed by atoms with Gasteiger partial charge in [0.25, 0.3) is 0 Å². The fourth-order valence-electron chi connectivity index (χ4n) is 4.03. The molecule has 4 heterocycles. The number of amides is 1. The molecule has 0 bridgehead atoms. The number of ether oxygens (including phenoxy) is 2. The number of aliphatic carboxylic acids is 2. The minimum atomic E-state index is -5.08. The Hall–Kier alpha value is -2.98. The summed E-state index contributed by atoms with van der Waals surface area (Å²) < 4.78 is 74.8. The number of aromatic nitrogens is 1. The second-order valence-corrected chi connectivity index (χ2v) is 8.28. The van der Waals surface area contributed by atoms with Crippen molar-refractivity contribution in [1.29, 1.82) is 0 Å². The van der Waals surface area contributed by atoms with Crippen molar-refractivity contribution in [3.8, 4) is 0 Å². The van der Waals surface area contributed by atoms with Gasteiger partial charge < -0.3 is 25.0 Å². The lowest BCUT2D eigenvalue weighted by Crippen LogP contribution is -2.40. The third kappa shape index (κ3) is 9.44. The van der Waals surface area contributed by atoms with Crippen molar-refractivity contribution in [2.45, 2.75) is 37.3 Å². The third-order valence-corrected chi connectivity index (χ3v) is 5.80. The number of fused-ring (bicyclic) bond motifs is 1. The molecular weight excluding hydrogens is 520 g/mol. The van der Waals surface area contributed by atoms with Crippen LogP contribution >= 0.6 is 0 Å². The van der Waals surface area contributed by atoms with Crippen LogP contribution in [0.25, 0.3) is 0 Å². The maximum atomic E-state index is 12.6. The molecule has 1 aromatic rings. The molecule has 3 saturated heterocycles. The molecule has 3 atom stereocenters. The van der Waals surface area contributed by atoms with Crippen LogP contribution in [0.2, 0.25) is 0 Å². The minimum Gasteiger partial charge on any atom is -0.475 e. The molecule has 3 aliphatic rings. The number of nitrogens with one attached hydrogen (secondary N) is 1. The summed E-state index contributed by atoms with van der Waals surface area (Å²) >= 11 is 0. The van der Waals surface area contributed by atoms with Gasteiger partial charge in [-0.25, -0.2) is 9.59 Å². The summed E-state index contributed by atoms with van der Waals surface area (Å²) in [4.78, 5) is 36.9. The molecule has 3 aliphatic heterocycles. The topological polar surface area (TPSA) is 138 Å². The van der Waals surface area contributed by atoms with E-state index in [1.807, 2.05) is 12.1 Å². The molecule has 4 rings (SSSR count). The third-order valence-electron chi connectivity index (χ3n) is 5.80. The van der Waals surface area contributed by atoms with Gasteiger partial charge in [0.05, 0.1) is 30.5 Å². The van der Waals surface area contributed by atoms with Gasteiger partial charge >= 0.3 is 24.3 Å². The van der Waals surface area contributed by atoms with Crippen molar-refractivity contribution in [2.24, 2.45) is 11.8 Å². The van der Waals surface area contributed by atoms with Crippen molar-refractivity contribution in [2.75, 3.05) is 38.2 Å². The van der Waals surface area contributed by atoms with Crippen LogP contribution < -0.4 is 5.32 Å². The van der Waals surface area contributed by atoms with Crippen LogP contribution in [0.15, 0.2) is 24.5 Å². The van der Waals surface area contributed by atoms with E-state index in [4.69, 9.17) is 29.3 Å². The molecule has 16 heteroatoms. The zero-order valence-corrected chi connectivity index (χ0v) is 19.2. The fourth-order valence-corrected chi connectivity index (χ4v) is 4.03. The van der Waals surface area contributed by atoms with Gasteiger partial charge in [0.1, 0.15) is 0 Å². The molecule has 1 aromatic heterocycles. The summed E-state index contributed by atoms with van der Waals surface area (Å²) in [5.74, 6) is -5.22. The first kappa shape index (κ1) is 30.2. The SMILES string of the molecule is O=C(Nc1cccnc1)[C@H]1CO[C@@H]2CN(C3CCOCC3)C[C@H]12.O=C(O)C(F)(F)F.O=C(O)C(F)(F)F. The van der Waals surface area contributed by atoms with Gasteiger partial charge in [-0.3, -0.25) is 14.7 Å². The molecule has 0 saturated carbocycles. The second-order valence-electron chi connectivity index (χ2n) is 8.28. The van der Waals surface area contributed by atoms with Crippen molar-refractivity contribution in [3.63, 3.8) is 0 Å². The van der Waals surface area contributed by atoms with Gasteiger partial charge in [-0.2, -0.15) is 26.3 Å². The number of pyridine rings is 1. The van der Waals surface area contributed by atoms with Crippen LogP contribution in [0, 0.1) is 11.8 Å². The molecular formula is C21H25F6N3O7. The normalized spacial score (nSPS) is 24.1. The van der Waals surface area contributed by atoms with E-state index in [2.05, 4.69) is 15.2 Å². The Balaban J connectivity index is 0.000000286. The molecule has 3 N–H and O–H groups in total. The fraction of sp³-hybridized carbons (Fsp3) is 0.619. The molecule has 3 fully saturated rings. The van der Waals surface area contributed by atoms with Gasteiger partial charge in [-0.05, 0) is 25.0 Å². The van der Waals surface area contributed by atoms with Crippen molar-refractivity contribution >= 4 is 23.5 Å². The molecule has 0 aromatic carbocycles. The summed E-state index contributed by atoms with van der Waals surface area (Å²) in [5.41, 5.74) is 0.750. The highest BCUT2D eigenvalue weighted by atomic mass is 19.4. The predicted molar refractivity (Wildman–Crippen MR) is 112 cm³/mol. The molecule has 0 aliphatic carbocycles. The Bertz CT molecular complexity index is 886. The molecule has 1 amide bonds. The number of carboxylic acids is 2. The van der Waals surface area contributed by atoms with Crippen LogP contribution in [-0.4, -0.2) is 95.4 Å². The number of alkyl halides is 6. The highest BCUT2D eigenvalue weighted by molar-refractivity contribution is 5.93. The Labute approximate surface area is 206 Å². The first-order valence-electron chi connectivity index (χ1n) is 10.9. The highest BCUT2D eigenvalue weighted by Gasteiger charge is 2.48. The van der Waals surface area contributed by atoms with E-state index in [1.54, 1.807) is 12.4 Å². The minimum absolute atomic E-state index is 0.0549. The number of nitrogens with zero attached hydrogens (tertiary/aromatic N) is 2. The van der Waals surface area contributed by atoms with E-state index in [0.29, 0.717) is 18.6 Å². The number of halogens is 6. The number of likely N-dealkylation sites (tertiary alicyclic amines) is 1. The summed E-state index contributed by atoms with van der Waals surface area (Å²) in [7, 11) is 0. The Morgan fingerprint density at radius 2 is 1.57 bits per heavy atom. The predicted octanol–water partition coefficient (Wildman–Crippen LogP) is 2.41. The van der Waals surface area contributed by atoms with Gasteiger partial charge in [0.15, 0.2) is 0 Å². The molecule has 0 radical (unpaired) electrons. The lowest BCUT2D eigenvalue weighted by molar-refractivity contribution is -0.193. The largest absolute Gasteiger partial charge is 0.490 e. The number of carbonyl (C=O) groups is 3. The smallest absolute Gasteiger partial charge is 0.475 e. The van der Waals surface area contributed by atoms with E-state index < -0.39 is 24.3 Å². The number of hydrogen-bond donors (Lipinski definition) is 3. The number of carboxylic acid groups (broad SMARTS) is 2. The standard InChI is InChI=1S/C17H23N3O3.2C2HF3O2/c21-17(19-12-2-1-5-18-8-12)15-11-23-16-10-20(9-14(15)16)13-3-6-22-7-4-13;2*3-2(4,5)1(6)7/h1-2,5,8,13-16H,3-4,6-7,9-11H2,(H,19,21);2*(H,6,7)/t14-,15+,16-;;/m1../s1. The van der Waals surface area contributed by atoms with E-state index in [1.165, 1.54) is 0 Å². The number of rotatable bonds is 3. The second kappa shape index (κ2) is 13.0. The van der Waals surface area contributed by atoms with Gasteiger partial charge in [0, 0.05) is 44.5 Å². The summed E-state index contributed by atoms with van der Waals surface area (Å²) in [5, 5.41) is 17.2. The molecule has 0 unspecified atom stereocenters. The van der Waals surface area contributed by atoms with E-state index in [9.17, 15) is 31.1 Å². The van der Waals surface area contributed by atoms with Crippen LogP contribution in [-0.2, 0) is 23.9 Å². The maximum Gasteiger partial charge on any atom is 0.490 e. The molecule has 208 valence electrons. The lowest BCUT2D eigenvalue weighted by Gasteiger charge is -2.31. The Kier molecular flexibility index (Phi) is 10.6. The summed E-state index contributed by atoms with van der Waals surface area (Å²) in [6.07, 6.45) is -4.42. The molecule has 37 heavy (non-hydrogen) atoms. The van der Waals surface area contributed by atoms with Crippen molar-refractivity contribution in [3.05, 3.63) is 24.5 Å². The summed E-state index contributed by atoms with van der Waals surface area (Å²) in [6, 6.07) is 4.27. The van der Waals surface area contributed by atoms with Crippen LogP contribution in [0.3, 0.4) is 0 Å². The summed E-state index contributed by atoms with van der Waals surface area (Å²) in [6.45, 7) is 4.14. The van der Waals surface area contributed by atoms with Crippen LogP contribution in [0.1, 0.15) is 12.8 Å². The van der Waals surface area contributed by atoms with E-state index >= 15 is 0 Å². The maximum absolute atomic E-state index is 12.6.